The smallest absolute Gasteiger partial charge is 0.272 e. The lowest BCUT2D eigenvalue weighted by Gasteiger charge is -2.11. The van der Waals surface area contributed by atoms with Crippen LogP contribution in [0.2, 0.25) is 0 Å². The summed E-state index contributed by atoms with van der Waals surface area (Å²) >= 11 is 0. The summed E-state index contributed by atoms with van der Waals surface area (Å²) in [5.74, 6) is 0.537. The van der Waals surface area contributed by atoms with Gasteiger partial charge in [0, 0.05) is 12.6 Å². The lowest BCUT2D eigenvalue weighted by atomic mass is 10.2. The summed E-state index contributed by atoms with van der Waals surface area (Å²) < 4.78 is 0. The second-order valence-electron chi connectivity index (χ2n) is 5.60. The predicted molar refractivity (Wildman–Crippen MR) is 85.5 cm³/mol. The Morgan fingerprint density at radius 1 is 1.05 bits per heavy atom. The zero-order valence-electron chi connectivity index (χ0n) is 12.5. The average molecular weight is 296 g/mol. The molecule has 0 spiro atoms. The zero-order valence-corrected chi connectivity index (χ0v) is 12.5. The molecule has 5 heteroatoms. The largest absolute Gasteiger partial charge is 0.365 e. The van der Waals surface area contributed by atoms with Gasteiger partial charge in [0.05, 0.1) is 0 Å². The van der Waals surface area contributed by atoms with Crippen LogP contribution in [0.5, 0.6) is 0 Å². The molecule has 0 aliphatic heterocycles. The number of nitrogens with one attached hydrogen (secondary N) is 2. The summed E-state index contributed by atoms with van der Waals surface area (Å²) in [6.07, 6.45) is 4.52. The quantitative estimate of drug-likeness (QED) is 0.890. The second-order valence-corrected chi connectivity index (χ2v) is 5.60. The minimum atomic E-state index is -0.131. The van der Waals surface area contributed by atoms with E-state index in [0.717, 1.165) is 12.8 Å². The van der Waals surface area contributed by atoms with Crippen molar-refractivity contribution >= 4 is 11.7 Å². The molecule has 22 heavy (non-hydrogen) atoms. The Morgan fingerprint density at radius 2 is 1.82 bits per heavy atom. The summed E-state index contributed by atoms with van der Waals surface area (Å²) in [4.78, 5) is 12.1. The van der Waals surface area contributed by atoms with Crippen molar-refractivity contribution in [2.24, 2.45) is 0 Å². The normalized spacial score (nSPS) is 14.7. The van der Waals surface area contributed by atoms with Crippen molar-refractivity contribution in [2.75, 3.05) is 5.32 Å². The van der Waals surface area contributed by atoms with E-state index in [2.05, 4.69) is 20.8 Å². The predicted octanol–water partition coefficient (Wildman–Crippen LogP) is 2.76. The van der Waals surface area contributed by atoms with Crippen molar-refractivity contribution < 1.29 is 4.79 Å². The molecule has 0 saturated heterocycles. The molecular weight excluding hydrogens is 276 g/mol. The fourth-order valence-corrected chi connectivity index (χ4v) is 2.67. The van der Waals surface area contributed by atoms with E-state index in [0.29, 0.717) is 24.1 Å². The summed E-state index contributed by atoms with van der Waals surface area (Å²) in [5.41, 5.74) is 1.55. The minimum absolute atomic E-state index is 0.131. The molecule has 0 unspecified atom stereocenters. The number of nitrogens with zero attached hydrogens (tertiary/aromatic N) is 2. The van der Waals surface area contributed by atoms with Gasteiger partial charge in [-0.15, -0.1) is 10.2 Å². The van der Waals surface area contributed by atoms with Gasteiger partial charge in [0.1, 0.15) is 5.82 Å². The van der Waals surface area contributed by atoms with Crippen molar-refractivity contribution in [3.63, 3.8) is 0 Å². The third-order valence-electron chi connectivity index (χ3n) is 3.90. The van der Waals surface area contributed by atoms with Crippen LogP contribution in [0, 0.1) is 0 Å². The van der Waals surface area contributed by atoms with Crippen LogP contribution in [-0.4, -0.2) is 22.1 Å². The molecule has 1 aliphatic rings. The van der Waals surface area contributed by atoms with Gasteiger partial charge in [-0.05, 0) is 30.5 Å². The first-order valence-corrected chi connectivity index (χ1v) is 7.73. The highest BCUT2D eigenvalue weighted by Crippen LogP contribution is 2.18. The molecule has 114 valence electrons. The highest BCUT2D eigenvalue weighted by molar-refractivity contribution is 5.92. The van der Waals surface area contributed by atoms with E-state index < -0.39 is 0 Å². The Bertz CT molecular complexity index is 606. The molecule has 0 bridgehead atoms. The van der Waals surface area contributed by atoms with Crippen LogP contribution in [0.4, 0.5) is 5.82 Å². The maximum absolute atomic E-state index is 12.1. The Hall–Kier alpha value is -2.43. The molecule has 0 radical (unpaired) electrons. The van der Waals surface area contributed by atoms with Gasteiger partial charge in [0.2, 0.25) is 0 Å². The van der Waals surface area contributed by atoms with Crippen LogP contribution >= 0.6 is 0 Å². The molecule has 5 nitrogen and oxygen atoms in total. The monoisotopic (exact) mass is 296 g/mol. The number of rotatable bonds is 5. The maximum atomic E-state index is 12.1. The summed E-state index contributed by atoms with van der Waals surface area (Å²) in [5, 5.41) is 14.3. The Balaban J connectivity index is 1.54. The van der Waals surface area contributed by atoms with Crippen LogP contribution in [0.3, 0.4) is 0 Å². The number of amides is 1. The Labute approximate surface area is 130 Å². The Kier molecular flexibility index (Phi) is 4.63. The maximum Gasteiger partial charge on any atom is 0.272 e. The average Bonchev–Trinajstić information content (AvgIpc) is 3.07. The van der Waals surface area contributed by atoms with E-state index in [-0.39, 0.29) is 5.91 Å². The van der Waals surface area contributed by atoms with Gasteiger partial charge in [-0.3, -0.25) is 4.79 Å². The van der Waals surface area contributed by atoms with Gasteiger partial charge >= 0.3 is 0 Å². The molecule has 1 aromatic heterocycles. The van der Waals surface area contributed by atoms with E-state index in [4.69, 9.17) is 0 Å². The molecule has 1 fully saturated rings. The van der Waals surface area contributed by atoms with Crippen molar-refractivity contribution in [2.45, 2.75) is 38.3 Å². The van der Waals surface area contributed by atoms with Gasteiger partial charge < -0.3 is 10.6 Å². The van der Waals surface area contributed by atoms with Crippen LogP contribution in [0.25, 0.3) is 0 Å². The number of hydrogen-bond acceptors (Lipinski definition) is 4. The third kappa shape index (κ3) is 3.81. The van der Waals surface area contributed by atoms with Gasteiger partial charge in [-0.25, -0.2) is 0 Å². The molecular formula is C17H20N4O. The lowest BCUT2D eigenvalue weighted by molar-refractivity contribution is 0.0932. The van der Waals surface area contributed by atoms with Crippen LogP contribution < -0.4 is 10.6 Å². The fraction of sp³-hybridized carbons (Fsp3) is 0.353. The lowest BCUT2D eigenvalue weighted by Crippen LogP contribution is -2.33. The number of anilines is 1. The Morgan fingerprint density at radius 3 is 2.50 bits per heavy atom. The molecule has 2 aromatic rings. The third-order valence-corrected chi connectivity index (χ3v) is 3.90. The number of carbonyl (C=O) groups is 1. The first kappa shape index (κ1) is 14.5. The van der Waals surface area contributed by atoms with Crippen LogP contribution in [0.1, 0.15) is 41.7 Å². The molecule has 1 amide bonds. The number of benzene rings is 1. The van der Waals surface area contributed by atoms with E-state index in [1.54, 1.807) is 12.1 Å². The van der Waals surface area contributed by atoms with E-state index in [1.165, 1.54) is 18.4 Å². The van der Waals surface area contributed by atoms with E-state index >= 15 is 0 Å². The van der Waals surface area contributed by atoms with E-state index in [9.17, 15) is 4.79 Å². The van der Waals surface area contributed by atoms with Gasteiger partial charge in [-0.1, -0.05) is 43.2 Å². The first-order valence-electron chi connectivity index (χ1n) is 7.73. The van der Waals surface area contributed by atoms with Crippen molar-refractivity contribution in [3.8, 4) is 0 Å². The highest BCUT2D eigenvalue weighted by Gasteiger charge is 2.18. The molecule has 3 rings (SSSR count). The topological polar surface area (TPSA) is 66.9 Å². The van der Waals surface area contributed by atoms with Gasteiger partial charge in [0.25, 0.3) is 5.91 Å². The molecule has 1 aromatic carbocycles. The minimum Gasteiger partial charge on any atom is -0.365 e. The van der Waals surface area contributed by atoms with Gasteiger partial charge in [0.15, 0.2) is 5.69 Å². The highest BCUT2D eigenvalue weighted by atomic mass is 16.2. The molecule has 1 heterocycles. The molecule has 1 saturated carbocycles. The van der Waals surface area contributed by atoms with Crippen molar-refractivity contribution in [1.82, 2.24) is 15.5 Å². The molecule has 2 N–H and O–H groups in total. The number of hydrogen-bond donors (Lipinski definition) is 2. The van der Waals surface area contributed by atoms with Crippen LogP contribution in [0.15, 0.2) is 42.5 Å². The summed E-state index contributed by atoms with van der Waals surface area (Å²) in [7, 11) is 0. The zero-order chi connectivity index (χ0) is 15.2. The van der Waals surface area contributed by atoms with Gasteiger partial charge in [-0.2, -0.15) is 0 Å². The van der Waals surface area contributed by atoms with Crippen molar-refractivity contribution in [3.05, 3.63) is 53.7 Å². The standard InChI is InChI=1S/C17H20N4O/c22-17(19-14-8-4-5-9-14)15-10-11-16(21-20-15)18-12-13-6-2-1-3-7-13/h1-3,6-7,10-11,14H,4-5,8-9,12H2,(H,18,21)(H,19,22). The first-order chi connectivity index (χ1) is 10.8. The summed E-state index contributed by atoms with van der Waals surface area (Å²) in [6.45, 7) is 0.684. The molecule has 0 atom stereocenters. The van der Waals surface area contributed by atoms with Crippen molar-refractivity contribution in [1.29, 1.82) is 0 Å². The van der Waals surface area contributed by atoms with E-state index in [1.807, 2.05) is 30.3 Å². The fourth-order valence-electron chi connectivity index (χ4n) is 2.67. The number of aromatic nitrogens is 2. The summed E-state index contributed by atoms with van der Waals surface area (Å²) in [6, 6.07) is 13.9. The molecule has 1 aliphatic carbocycles. The SMILES string of the molecule is O=C(NC1CCCC1)c1ccc(NCc2ccccc2)nn1. The van der Waals surface area contributed by atoms with Crippen LogP contribution in [-0.2, 0) is 6.54 Å². The number of carbonyl (C=O) groups excluding carboxylic acids is 1. The second kappa shape index (κ2) is 7.02.